The van der Waals surface area contributed by atoms with Crippen LogP contribution >= 0.6 is 0 Å². The summed E-state index contributed by atoms with van der Waals surface area (Å²) < 4.78 is 46.9. The van der Waals surface area contributed by atoms with Crippen LogP contribution in [-0.2, 0) is 37.0 Å². The second kappa shape index (κ2) is 13.1. The standard InChI is InChI=1S/C33H38FN5O8S/c1-19-6-9-22(10-7-19)48(45,46)47-18-33-13-12-23(25(15-33)38(5)32(44)31(43)37(3)4)28-36-26(27(40)30(42)39(28)17-33)29(41)35-16-21-8-11-24(34)20(2)14-21/h6-11,14,23,25,40H,12-13,15-18H2,1-5H3,(H,35,41). The first kappa shape index (κ1) is 34.7. The van der Waals surface area contributed by atoms with Crippen molar-refractivity contribution in [3.63, 3.8) is 0 Å². The molecule has 6 rings (SSSR count). The van der Waals surface area contributed by atoms with E-state index in [1.165, 1.54) is 54.9 Å². The summed E-state index contributed by atoms with van der Waals surface area (Å²) in [7, 11) is 0.120. The Kier molecular flexibility index (Phi) is 9.48. The molecule has 13 nitrogen and oxygen atoms in total. The second-order valence-electron chi connectivity index (χ2n) is 12.9. The summed E-state index contributed by atoms with van der Waals surface area (Å²) in [6.45, 7) is 2.88. The van der Waals surface area contributed by atoms with Crippen LogP contribution in [0.25, 0.3) is 0 Å². The summed E-state index contributed by atoms with van der Waals surface area (Å²) in [5.74, 6) is -4.29. The maximum Gasteiger partial charge on any atom is 0.312 e. The van der Waals surface area contributed by atoms with E-state index in [0.29, 0.717) is 24.0 Å². The summed E-state index contributed by atoms with van der Waals surface area (Å²) in [6.07, 6.45) is 0.800. The van der Waals surface area contributed by atoms with Gasteiger partial charge in [0, 0.05) is 51.6 Å². The molecule has 3 atom stereocenters. The van der Waals surface area contributed by atoms with Crippen molar-refractivity contribution in [3.8, 4) is 5.75 Å². The zero-order valence-corrected chi connectivity index (χ0v) is 28.1. The van der Waals surface area contributed by atoms with Gasteiger partial charge >= 0.3 is 11.8 Å². The van der Waals surface area contributed by atoms with Crippen molar-refractivity contribution in [1.82, 2.24) is 24.7 Å². The smallest absolute Gasteiger partial charge is 0.312 e. The fraction of sp³-hybridized carbons (Fsp3) is 0.424. The summed E-state index contributed by atoms with van der Waals surface area (Å²) in [4.78, 5) is 59.8. The summed E-state index contributed by atoms with van der Waals surface area (Å²) in [5.41, 5.74) is -0.662. The highest BCUT2D eigenvalue weighted by Gasteiger charge is 2.51. The normalized spacial score (nSPS) is 20.0. The number of benzene rings is 2. The van der Waals surface area contributed by atoms with Gasteiger partial charge in [-0.2, -0.15) is 8.42 Å². The van der Waals surface area contributed by atoms with Gasteiger partial charge < -0.3 is 20.2 Å². The topological polar surface area (TPSA) is 168 Å². The minimum Gasteiger partial charge on any atom is -0.501 e. The Bertz CT molecular complexity index is 1950. The molecule has 1 aromatic heterocycles. The quantitative estimate of drug-likeness (QED) is 0.267. The number of rotatable bonds is 8. The van der Waals surface area contributed by atoms with E-state index in [2.05, 4.69) is 10.3 Å². The number of fused-ring (bicyclic) bond motifs is 2. The fourth-order valence-electron chi connectivity index (χ4n) is 6.41. The van der Waals surface area contributed by atoms with Crippen LogP contribution in [-0.4, -0.2) is 84.4 Å². The van der Waals surface area contributed by atoms with Gasteiger partial charge in [0.05, 0.1) is 11.5 Å². The van der Waals surface area contributed by atoms with Crippen LogP contribution < -0.4 is 10.9 Å². The fourth-order valence-corrected chi connectivity index (χ4v) is 7.42. The van der Waals surface area contributed by atoms with Gasteiger partial charge in [-0.1, -0.05) is 29.8 Å². The number of hydrogen-bond acceptors (Lipinski definition) is 9. The molecule has 1 aliphatic carbocycles. The van der Waals surface area contributed by atoms with Crippen LogP contribution in [0.1, 0.15) is 58.2 Å². The molecule has 3 unspecified atom stereocenters. The Morgan fingerprint density at radius 3 is 2.44 bits per heavy atom. The maximum absolute atomic E-state index is 13.7. The van der Waals surface area contributed by atoms with Gasteiger partial charge in [-0.15, -0.1) is 0 Å². The molecule has 0 spiro atoms. The first-order valence-corrected chi connectivity index (χ1v) is 16.8. The lowest BCUT2D eigenvalue weighted by Crippen LogP contribution is -2.51. The van der Waals surface area contributed by atoms with Gasteiger partial charge in [0.15, 0.2) is 5.69 Å². The van der Waals surface area contributed by atoms with Crippen molar-refractivity contribution in [2.24, 2.45) is 5.41 Å². The average molecular weight is 684 g/mol. The lowest BCUT2D eigenvalue weighted by Gasteiger charge is -2.43. The number of carbonyl (C=O) groups is 3. The molecule has 256 valence electrons. The Labute approximate surface area is 277 Å². The predicted octanol–water partition coefficient (Wildman–Crippen LogP) is 2.22. The number of carbonyl (C=O) groups excluding carboxylic acids is 3. The lowest BCUT2D eigenvalue weighted by molar-refractivity contribution is -0.152. The van der Waals surface area contributed by atoms with Crippen molar-refractivity contribution in [3.05, 3.63) is 86.8 Å². The molecule has 2 bridgehead atoms. The van der Waals surface area contributed by atoms with Gasteiger partial charge in [0.2, 0.25) is 5.75 Å². The molecule has 1 saturated carbocycles. The molecule has 3 amide bonds. The van der Waals surface area contributed by atoms with E-state index < -0.39 is 68.0 Å². The molecule has 0 saturated heterocycles. The molecule has 48 heavy (non-hydrogen) atoms. The van der Waals surface area contributed by atoms with Gasteiger partial charge in [0.25, 0.3) is 21.6 Å². The van der Waals surface area contributed by atoms with Gasteiger partial charge in [-0.3, -0.25) is 27.9 Å². The van der Waals surface area contributed by atoms with Crippen LogP contribution in [0.15, 0.2) is 52.2 Å². The highest BCUT2D eigenvalue weighted by molar-refractivity contribution is 7.86. The largest absolute Gasteiger partial charge is 0.501 e. The van der Waals surface area contributed by atoms with Crippen molar-refractivity contribution in [2.45, 2.75) is 63.1 Å². The molecule has 3 aliphatic rings. The number of aryl methyl sites for hydroxylation is 2. The van der Waals surface area contributed by atoms with Crippen LogP contribution in [0.3, 0.4) is 0 Å². The Balaban J connectivity index is 1.52. The highest BCUT2D eigenvalue weighted by atomic mass is 32.2. The first-order valence-electron chi connectivity index (χ1n) is 15.3. The Morgan fingerprint density at radius 2 is 1.79 bits per heavy atom. The minimum absolute atomic E-state index is 0.0364. The van der Waals surface area contributed by atoms with Crippen molar-refractivity contribution in [1.29, 1.82) is 0 Å². The van der Waals surface area contributed by atoms with Crippen molar-refractivity contribution in [2.75, 3.05) is 27.7 Å². The van der Waals surface area contributed by atoms with Crippen LogP contribution in [0, 0.1) is 25.1 Å². The minimum atomic E-state index is -4.21. The number of nitrogens with one attached hydrogen (secondary N) is 1. The first-order chi connectivity index (χ1) is 22.5. The lowest BCUT2D eigenvalue weighted by atomic mass is 9.69. The van der Waals surface area contributed by atoms with Crippen LogP contribution in [0.4, 0.5) is 4.39 Å². The van der Waals surface area contributed by atoms with Gasteiger partial charge in [0.1, 0.15) is 11.6 Å². The third kappa shape index (κ3) is 6.69. The summed E-state index contributed by atoms with van der Waals surface area (Å²) in [5, 5.41) is 13.6. The molecule has 3 heterocycles. The van der Waals surface area contributed by atoms with E-state index in [4.69, 9.17) is 4.18 Å². The molecule has 2 N–H and O–H groups in total. The number of halogens is 1. The monoisotopic (exact) mass is 683 g/mol. The molecule has 2 aliphatic heterocycles. The maximum atomic E-state index is 13.7. The zero-order valence-electron chi connectivity index (χ0n) is 27.3. The van der Waals surface area contributed by atoms with Gasteiger partial charge in [-0.05, 0) is 62.4 Å². The molecular formula is C33H38FN5O8S. The van der Waals surface area contributed by atoms with Gasteiger partial charge in [-0.25, -0.2) is 9.37 Å². The van der Waals surface area contributed by atoms with Crippen LogP contribution in [0.2, 0.25) is 0 Å². The predicted molar refractivity (Wildman–Crippen MR) is 171 cm³/mol. The average Bonchev–Trinajstić information content (AvgIpc) is 3.30. The molecule has 15 heteroatoms. The SMILES string of the molecule is Cc1ccc(S(=O)(=O)OCC23CCC(c4nc(C(=O)NCc5ccc(F)c(C)c5)c(O)c(=O)n4C2)C(N(C)C(=O)C(=O)N(C)C)C3)cc1. The van der Waals surface area contributed by atoms with Crippen molar-refractivity contribution < 1.29 is 36.5 Å². The Morgan fingerprint density at radius 1 is 1.10 bits per heavy atom. The van der Waals surface area contributed by atoms with Crippen molar-refractivity contribution >= 4 is 27.8 Å². The van der Waals surface area contributed by atoms with E-state index in [1.807, 2.05) is 6.92 Å². The number of amides is 3. The number of hydrogen-bond donors (Lipinski definition) is 2. The molecule has 3 aromatic rings. The molecule has 1 fully saturated rings. The van der Waals surface area contributed by atoms with E-state index in [-0.39, 0.29) is 36.8 Å². The number of aromatic hydroxyl groups is 1. The zero-order chi connectivity index (χ0) is 35.1. The van der Waals surface area contributed by atoms with Crippen LogP contribution in [0.5, 0.6) is 5.75 Å². The third-order valence-electron chi connectivity index (χ3n) is 9.22. The second-order valence-corrected chi connectivity index (χ2v) is 14.5. The summed E-state index contributed by atoms with van der Waals surface area (Å²) in [6, 6.07) is 9.71. The van der Waals surface area contributed by atoms with E-state index in [1.54, 1.807) is 25.1 Å². The Hall–Kier alpha value is -4.63. The highest BCUT2D eigenvalue weighted by Crippen LogP contribution is 2.49. The molecular weight excluding hydrogens is 645 g/mol. The molecule has 0 radical (unpaired) electrons. The number of likely N-dealkylation sites (N-methyl/N-ethyl adjacent to an activating group) is 2. The van der Waals surface area contributed by atoms with E-state index in [9.17, 15) is 37.1 Å². The third-order valence-corrected chi connectivity index (χ3v) is 10.5. The molecule has 2 aromatic carbocycles. The van der Waals surface area contributed by atoms with E-state index in [0.717, 1.165) is 10.5 Å². The number of nitrogens with zero attached hydrogens (tertiary/aromatic N) is 4. The summed E-state index contributed by atoms with van der Waals surface area (Å²) >= 11 is 0. The van der Waals surface area contributed by atoms with E-state index >= 15 is 0 Å². The number of aromatic nitrogens is 2.